The highest BCUT2D eigenvalue weighted by Gasteiger charge is 2.20. The molecule has 2 heterocycles. The molecule has 0 fully saturated rings. The zero-order valence-electron chi connectivity index (χ0n) is 20.1. The number of thiophene rings is 1. The highest BCUT2D eigenvalue weighted by atomic mass is 32.1. The lowest BCUT2D eigenvalue weighted by Gasteiger charge is -2.17. The summed E-state index contributed by atoms with van der Waals surface area (Å²) in [4.78, 5) is 37.7. The summed E-state index contributed by atoms with van der Waals surface area (Å²) in [6, 6.07) is 13.3. The van der Waals surface area contributed by atoms with Gasteiger partial charge in [0.1, 0.15) is 0 Å². The monoisotopic (exact) mass is 473 g/mol. The van der Waals surface area contributed by atoms with Crippen molar-refractivity contribution in [3.8, 4) is 0 Å². The number of nitrogens with zero attached hydrogens (tertiary/aromatic N) is 1. The fourth-order valence-electron chi connectivity index (χ4n) is 4.64. The minimum atomic E-state index is -0.454. The van der Waals surface area contributed by atoms with E-state index in [2.05, 4.69) is 18.4 Å². The number of hydrogen-bond donors (Lipinski definition) is 0. The summed E-state index contributed by atoms with van der Waals surface area (Å²) in [6.45, 7) is 7.04. The molecule has 34 heavy (non-hydrogen) atoms. The quantitative estimate of drug-likeness (QED) is 0.168. The van der Waals surface area contributed by atoms with Gasteiger partial charge in [-0.05, 0) is 60.2 Å². The largest absolute Gasteiger partial charge is 0.340 e. The van der Waals surface area contributed by atoms with Crippen molar-refractivity contribution in [1.82, 2.24) is 4.57 Å². The van der Waals surface area contributed by atoms with Crippen LogP contribution in [0, 0.1) is 5.92 Å². The second-order valence-electron chi connectivity index (χ2n) is 8.94. The van der Waals surface area contributed by atoms with Gasteiger partial charge in [-0.25, -0.2) is 0 Å². The lowest BCUT2D eigenvalue weighted by atomic mass is 9.99. The fraction of sp³-hybridized carbons (Fsp3) is 0.345. The first kappa shape index (κ1) is 24.1. The van der Waals surface area contributed by atoms with Crippen molar-refractivity contribution in [2.45, 2.75) is 59.4 Å². The number of aromatic nitrogens is 1. The third-order valence-corrected chi connectivity index (χ3v) is 7.41. The van der Waals surface area contributed by atoms with Crippen LogP contribution in [0.2, 0.25) is 0 Å². The Morgan fingerprint density at radius 3 is 2.15 bits per heavy atom. The second-order valence-corrected chi connectivity index (χ2v) is 9.72. The maximum atomic E-state index is 13.0. The van der Waals surface area contributed by atoms with Crippen LogP contribution in [0.5, 0.6) is 0 Å². The molecule has 4 aromatic rings. The van der Waals surface area contributed by atoms with E-state index in [1.807, 2.05) is 47.2 Å². The Hall–Kier alpha value is -3.05. The lowest BCUT2D eigenvalue weighted by Crippen LogP contribution is -2.12. The molecule has 4 rings (SSSR count). The molecular formula is C29H31NO3S. The van der Waals surface area contributed by atoms with Gasteiger partial charge in [-0.15, -0.1) is 0 Å². The smallest absolute Gasteiger partial charge is 0.228 e. The van der Waals surface area contributed by atoms with Crippen LogP contribution in [0.4, 0.5) is 0 Å². The molecule has 0 aliphatic rings. The Labute approximate surface area is 204 Å². The minimum Gasteiger partial charge on any atom is -0.340 e. The molecule has 176 valence electrons. The van der Waals surface area contributed by atoms with E-state index < -0.39 is 5.78 Å². The summed E-state index contributed by atoms with van der Waals surface area (Å²) >= 11 is 1.50. The van der Waals surface area contributed by atoms with E-state index in [0.29, 0.717) is 22.6 Å². The first-order valence-electron chi connectivity index (χ1n) is 12.2. The summed E-state index contributed by atoms with van der Waals surface area (Å²) in [7, 11) is 0. The zero-order valence-corrected chi connectivity index (χ0v) is 20.9. The molecule has 0 spiro atoms. The van der Waals surface area contributed by atoms with E-state index in [0.717, 1.165) is 34.8 Å². The molecule has 0 amide bonds. The van der Waals surface area contributed by atoms with Crippen LogP contribution in [0.1, 0.15) is 79.2 Å². The molecule has 0 N–H and O–H groups in total. The maximum Gasteiger partial charge on any atom is 0.228 e. The summed E-state index contributed by atoms with van der Waals surface area (Å²) in [6.07, 6.45) is 4.83. The van der Waals surface area contributed by atoms with Gasteiger partial charge in [0.2, 0.25) is 11.6 Å². The number of carbonyl (C=O) groups is 3. The first-order valence-corrected chi connectivity index (χ1v) is 13.1. The van der Waals surface area contributed by atoms with Crippen molar-refractivity contribution in [3.63, 3.8) is 0 Å². The fourth-order valence-corrected chi connectivity index (χ4v) is 5.28. The van der Waals surface area contributed by atoms with Crippen molar-refractivity contribution in [2.24, 2.45) is 5.92 Å². The molecule has 4 nitrogen and oxygen atoms in total. The van der Waals surface area contributed by atoms with Gasteiger partial charge in [-0.3, -0.25) is 14.4 Å². The van der Waals surface area contributed by atoms with Crippen LogP contribution in [-0.4, -0.2) is 21.9 Å². The molecule has 1 unspecified atom stereocenters. The molecule has 0 aliphatic heterocycles. The number of Topliss-reactive ketones (excluding diaryl/α,β-unsaturated/α-hetero) is 2. The number of rotatable bonds is 11. The van der Waals surface area contributed by atoms with Gasteiger partial charge in [0.25, 0.3) is 0 Å². The van der Waals surface area contributed by atoms with E-state index in [1.54, 1.807) is 13.0 Å². The molecule has 0 bridgehead atoms. The molecule has 2 aromatic carbocycles. The second kappa shape index (κ2) is 10.5. The molecule has 0 saturated heterocycles. The van der Waals surface area contributed by atoms with E-state index in [9.17, 15) is 14.4 Å². The van der Waals surface area contributed by atoms with Crippen molar-refractivity contribution in [3.05, 3.63) is 69.9 Å². The van der Waals surface area contributed by atoms with Crippen molar-refractivity contribution in [2.75, 3.05) is 0 Å². The average molecular weight is 474 g/mol. The number of unbranched alkanes of at least 4 members (excludes halogenated alkanes) is 1. The van der Waals surface area contributed by atoms with Gasteiger partial charge in [-0.1, -0.05) is 40.0 Å². The van der Waals surface area contributed by atoms with Crippen LogP contribution in [0.15, 0.2) is 53.2 Å². The maximum absolute atomic E-state index is 13.0. The molecular weight excluding hydrogens is 442 g/mol. The van der Waals surface area contributed by atoms with Crippen molar-refractivity contribution in [1.29, 1.82) is 0 Å². The molecule has 0 saturated carbocycles. The van der Waals surface area contributed by atoms with Crippen LogP contribution < -0.4 is 0 Å². The summed E-state index contributed by atoms with van der Waals surface area (Å²) < 4.78 is 2.32. The van der Waals surface area contributed by atoms with Gasteiger partial charge >= 0.3 is 0 Å². The Balaban J connectivity index is 1.88. The number of benzene rings is 2. The Morgan fingerprint density at radius 1 is 0.882 bits per heavy atom. The predicted molar refractivity (Wildman–Crippen MR) is 140 cm³/mol. The first-order chi connectivity index (χ1) is 16.5. The Bertz CT molecular complexity index is 1350. The SMILES string of the molecule is CCCCC(CC)Cn1c2ccc(C(=O)C(=O)CC)cc2c2cc(C(=O)c3ccsc3)ccc21. The number of ketones is 3. The standard InChI is InChI=1S/C29H31NO3S/c1-4-7-8-19(5-2)17-30-25-11-9-20(28(32)22-13-14-34-18-22)15-23(25)24-16-21(10-12-26(24)30)29(33)27(31)6-3/h9-16,18-19H,4-8,17H2,1-3H3. The average Bonchev–Trinajstić information content (AvgIpc) is 3.51. The van der Waals surface area contributed by atoms with Crippen molar-refractivity contribution < 1.29 is 14.4 Å². The lowest BCUT2D eigenvalue weighted by molar-refractivity contribution is -0.114. The van der Waals surface area contributed by atoms with Gasteiger partial charge in [0, 0.05) is 56.8 Å². The zero-order chi connectivity index (χ0) is 24.2. The van der Waals surface area contributed by atoms with Crippen LogP contribution in [-0.2, 0) is 11.3 Å². The number of hydrogen-bond acceptors (Lipinski definition) is 4. The van der Waals surface area contributed by atoms with Crippen LogP contribution in [0.3, 0.4) is 0 Å². The summed E-state index contributed by atoms with van der Waals surface area (Å²) in [5.41, 5.74) is 3.81. The summed E-state index contributed by atoms with van der Waals surface area (Å²) in [5.74, 6) is -0.298. The van der Waals surface area contributed by atoms with Crippen molar-refractivity contribution >= 4 is 50.5 Å². The minimum absolute atomic E-state index is 0.00757. The molecule has 0 radical (unpaired) electrons. The molecule has 2 aromatic heterocycles. The molecule has 1 atom stereocenters. The van der Waals surface area contributed by atoms with Gasteiger partial charge in [0.15, 0.2) is 5.78 Å². The topological polar surface area (TPSA) is 56.1 Å². The highest BCUT2D eigenvalue weighted by molar-refractivity contribution is 7.08. The highest BCUT2D eigenvalue weighted by Crippen LogP contribution is 2.33. The van der Waals surface area contributed by atoms with E-state index in [4.69, 9.17) is 0 Å². The van der Waals surface area contributed by atoms with E-state index in [-0.39, 0.29) is 18.0 Å². The predicted octanol–water partition coefficient (Wildman–Crippen LogP) is 7.47. The van der Waals surface area contributed by atoms with Gasteiger partial charge in [-0.2, -0.15) is 11.3 Å². The van der Waals surface area contributed by atoms with Gasteiger partial charge < -0.3 is 4.57 Å². The van der Waals surface area contributed by atoms with Gasteiger partial charge in [0.05, 0.1) is 0 Å². The summed E-state index contributed by atoms with van der Waals surface area (Å²) in [5, 5.41) is 5.62. The third kappa shape index (κ3) is 4.62. The third-order valence-electron chi connectivity index (χ3n) is 6.73. The van der Waals surface area contributed by atoms with E-state index in [1.165, 1.54) is 30.6 Å². The van der Waals surface area contributed by atoms with E-state index >= 15 is 0 Å². The normalized spacial score (nSPS) is 12.3. The molecule has 5 heteroatoms. The number of fused-ring (bicyclic) bond motifs is 3. The molecule has 0 aliphatic carbocycles. The Kier molecular flexibility index (Phi) is 7.42. The Morgan fingerprint density at radius 2 is 1.56 bits per heavy atom. The van der Waals surface area contributed by atoms with Crippen LogP contribution >= 0.6 is 11.3 Å². The van der Waals surface area contributed by atoms with Crippen LogP contribution in [0.25, 0.3) is 21.8 Å². The number of carbonyl (C=O) groups excluding carboxylic acids is 3.